The number of fused-ring (bicyclic) bond motifs is 1. The fourth-order valence-corrected chi connectivity index (χ4v) is 2.65. The van der Waals surface area contributed by atoms with Crippen LogP contribution in [-0.2, 0) is 0 Å². The lowest BCUT2D eigenvalue weighted by atomic mass is 10.1. The van der Waals surface area contributed by atoms with Crippen molar-refractivity contribution in [2.24, 2.45) is 0 Å². The van der Waals surface area contributed by atoms with Crippen molar-refractivity contribution in [2.45, 2.75) is 0 Å². The largest absolute Gasteiger partial charge is 0.481 e. The molecule has 0 bridgehead atoms. The Labute approximate surface area is 141 Å². The predicted octanol–water partition coefficient (Wildman–Crippen LogP) is 2.90. The van der Waals surface area contributed by atoms with Gasteiger partial charge in [-0.1, -0.05) is 0 Å². The average molecular weight is 336 g/mol. The maximum atomic E-state index is 13.1. The summed E-state index contributed by atoms with van der Waals surface area (Å²) in [5.41, 5.74) is 2.72. The van der Waals surface area contributed by atoms with Gasteiger partial charge < -0.3 is 4.74 Å². The van der Waals surface area contributed by atoms with Gasteiger partial charge >= 0.3 is 0 Å². The fourth-order valence-electron chi connectivity index (χ4n) is 2.65. The molecule has 25 heavy (non-hydrogen) atoms. The summed E-state index contributed by atoms with van der Waals surface area (Å²) in [4.78, 5) is 21.1. The molecule has 0 aliphatic carbocycles. The molecule has 4 rings (SSSR count). The summed E-state index contributed by atoms with van der Waals surface area (Å²) >= 11 is 0. The number of rotatable bonds is 3. The summed E-state index contributed by atoms with van der Waals surface area (Å²) in [6.45, 7) is 0. The average Bonchev–Trinajstić information content (AvgIpc) is 3.07. The molecule has 4 aromatic rings. The van der Waals surface area contributed by atoms with Crippen molar-refractivity contribution in [3.8, 4) is 28.4 Å². The summed E-state index contributed by atoms with van der Waals surface area (Å²) in [7, 11) is 1.51. The Balaban J connectivity index is 1.88. The Hall–Kier alpha value is -3.48. The molecule has 1 N–H and O–H groups in total. The highest BCUT2D eigenvalue weighted by atomic mass is 19.1. The van der Waals surface area contributed by atoms with E-state index in [0.29, 0.717) is 28.5 Å². The number of pyridine rings is 1. The van der Waals surface area contributed by atoms with Crippen LogP contribution in [0.4, 0.5) is 4.39 Å². The van der Waals surface area contributed by atoms with Gasteiger partial charge in [0.05, 0.1) is 24.1 Å². The fraction of sp³-hybridized carbons (Fsp3) is 0.0556. The van der Waals surface area contributed by atoms with Gasteiger partial charge in [0.15, 0.2) is 5.65 Å². The molecular formula is C18H13FN4O2. The number of H-pyrrole nitrogens is 1. The molecular weight excluding hydrogens is 323 g/mol. The molecule has 6 nitrogen and oxygen atoms in total. The number of hydrogen-bond donors (Lipinski definition) is 1. The molecule has 7 heteroatoms. The van der Waals surface area contributed by atoms with Gasteiger partial charge in [0.25, 0.3) is 5.56 Å². The number of methoxy groups -OCH3 is 1. The van der Waals surface area contributed by atoms with Gasteiger partial charge in [-0.2, -0.15) is 0 Å². The van der Waals surface area contributed by atoms with Gasteiger partial charge in [0.2, 0.25) is 5.88 Å². The van der Waals surface area contributed by atoms with E-state index in [1.807, 2.05) is 0 Å². The van der Waals surface area contributed by atoms with Gasteiger partial charge in [-0.25, -0.2) is 18.9 Å². The first kappa shape index (κ1) is 15.1. The van der Waals surface area contributed by atoms with Crippen LogP contribution in [0.15, 0.2) is 59.5 Å². The number of ether oxygens (including phenoxy) is 1. The molecule has 3 aromatic heterocycles. The zero-order valence-electron chi connectivity index (χ0n) is 13.2. The maximum absolute atomic E-state index is 13.1. The Morgan fingerprint density at radius 1 is 1.16 bits per heavy atom. The summed E-state index contributed by atoms with van der Waals surface area (Å²) in [6, 6.07) is 12.7. The number of aromatic nitrogens is 4. The number of halogens is 1. The second-order valence-electron chi connectivity index (χ2n) is 5.41. The third-order valence-electron chi connectivity index (χ3n) is 3.85. The van der Waals surface area contributed by atoms with Crippen LogP contribution in [0.25, 0.3) is 28.2 Å². The van der Waals surface area contributed by atoms with Crippen molar-refractivity contribution in [1.29, 1.82) is 0 Å². The first-order chi connectivity index (χ1) is 12.2. The summed E-state index contributed by atoms with van der Waals surface area (Å²) in [5, 5.41) is 2.98. The van der Waals surface area contributed by atoms with Crippen molar-refractivity contribution in [3.05, 3.63) is 70.9 Å². The van der Waals surface area contributed by atoms with Crippen molar-refractivity contribution >= 4 is 5.65 Å². The van der Waals surface area contributed by atoms with Crippen molar-refractivity contribution in [3.63, 3.8) is 0 Å². The van der Waals surface area contributed by atoms with Crippen LogP contribution >= 0.6 is 0 Å². The second-order valence-corrected chi connectivity index (χ2v) is 5.41. The predicted molar refractivity (Wildman–Crippen MR) is 91.0 cm³/mol. The smallest absolute Gasteiger partial charge is 0.273 e. The standard InChI is InChI=1S/C18H13FN4O2/c1-25-18-13(3-2-8-20-18)15-10-17(24)23-16(21-15)9-14(22-23)11-4-6-12(19)7-5-11/h2-10,22H,1H3. The van der Waals surface area contributed by atoms with Crippen molar-refractivity contribution in [1.82, 2.24) is 19.6 Å². The molecule has 124 valence electrons. The van der Waals surface area contributed by atoms with Crippen LogP contribution in [0.3, 0.4) is 0 Å². The Morgan fingerprint density at radius 2 is 1.96 bits per heavy atom. The first-order valence-corrected chi connectivity index (χ1v) is 7.54. The molecule has 3 heterocycles. The van der Waals surface area contributed by atoms with Gasteiger partial charge in [0, 0.05) is 18.3 Å². The number of aromatic amines is 1. The number of nitrogens with one attached hydrogen (secondary N) is 1. The van der Waals surface area contributed by atoms with Crippen LogP contribution in [0.5, 0.6) is 5.88 Å². The third kappa shape index (κ3) is 2.65. The minimum atomic E-state index is -0.318. The van der Waals surface area contributed by atoms with Crippen molar-refractivity contribution in [2.75, 3.05) is 7.11 Å². The van der Waals surface area contributed by atoms with E-state index in [9.17, 15) is 9.18 Å². The van der Waals surface area contributed by atoms with Gasteiger partial charge in [0.1, 0.15) is 5.82 Å². The lowest BCUT2D eigenvalue weighted by Crippen LogP contribution is -2.14. The van der Waals surface area contributed by atoms with Crippen LogP contribution in [0.1, 0.15) is 0 Å². The van der Waals surface area contributed by atoms with E-state index < -0.39 is 0 Å². The van der Waals surface area contributed by atoms with Gasteiger partial charge in [-0.15, -0.1) is 0 Å². The molecule has 0 saturated heterocycles. The minimum absolute atomic E-state index is 0.265. The maximum Gasteiger partial charge on any atom is 0.273 e. The summed E-state index contributed by atoms with van der Waals surface area (Å²) in [5.74, 6) is 0.0779. The Bertz CT molecular complexity index is 1120. The molecule has 0 aliphatic heterocycles. The molecule has 1 aromatic carbocycles. The Morgan fingerprint density at radius 3 is 2.72 bits per heavy atom. The Kier molecular flexibility index (Phi) is 3.53. The monoisotopic (exact) mass is 336 g/mol. The van der Waals surface area contributed by atoms with E-state index in [-0.39, 0.29) is 11.4 Å². The van der Waals surface area contributed by atoms with Crippen LogP contribution in [0.2, 0.25) is 0 Å². The molecule has 0 radical (unpaired) electrons. The molecule has 0 saturated carbocycles. The van der Waals surface area contributed by atoms with E-state index in [1.54, 1.807) is 36.5 Å². The number of nitrogens with zero attached hydrogens (tertiary/aromatic N) is 3. The summed E-state index contributed by atoms with van der Waals surface area (Å²) in [6.07, 6.45) is 1.61. The van der Waals surface area contributed by atoms with Crippen LogP contribution < -0.4 is 10.3 Å². The van der Waals surface area contributed by atoms with Crippen LogP contribution in [-0.4, -0.2) is 26.7 Å². The highest BCUT2D eigenvalue weighted by Crippen LogP contribution is 2.26. The quantitative estimate of drug-likeness (QED) is 0.624. The molecule has 0 fully saturated rings. The summed E-state index contributed by atoms with van der Waals surface area (Å²) < 4.78 is 19.7. The third-order valence-corrected chi connectivity index (χ3v) is 3.85. The van der Waals surface area contributed by atoms with E-state index in [1.165, 1.54) is 29.8 Å². The van der Waals surface area contributed by atoms with E-state index in [2.05, 4.69) is 15.1 Å². The topological polar surface area (TPSA) is 72.3 Å². The lowest BCUT2D eigenvalue weighted by Gasteiger charge is -2.05. The van der Waals surface area contributed by atoms with E-state index in [0.717, 1.165) is 5.56 Å². The van der Waals surface area contributed by atoms with Crippen LogP contribution in [0, 0.1) is 5.82 Å². The normalized spacial score (nSPS) is 11.0. The van der Waals surface area contributed by atoms with E-state index >= 15 is 0 Å². The molecule has 0 unspecified atom stereocenters. The number of hydrogen-bond acceptors (Lipinski definition) is 4. The SMILES string of the molecule is COc1ncccc1-c1cc(=O)n2[nH]c(-c3ccc(F)cc3)cc2n1. The molecule has 0 aliphatic rings. The van der Waals surface area contributed by atoms with Gasteiger partial charge in [-0.05, 0) is 42.0 Å². The zero-order valence-corrected chi connectivity index (χ0v) is 13.2. The first-order valence-electron chi connectivity index (χ1n) is 7.54. The number of benzene rings is 1. The van der Waals surface area contributed by atoms with Gasteiger partial charge in [-0.3, -0.25) is 9.89 Å². The zero-order chi connectivity index (χ0) is 17.4. The van der Waals surface area contributed by atoms with Crippen molar-refractivity contribution < 1.29 is 9.13 Å². The molecule has 0 spiro atoms. The molecule has 0 amide bonds. The molecule has 0 atom stereocenters. The highest BCUT2D eigenvalue weighted by Gasteiger charge is 2.12. The highest BCUT2D eigenvalue weighted by molar-refractivity contribution is 5.69. The second kappa shape index (κ2) is 5.86. The van der Waals surface area contributed by atoms with E-state index in [4.69, 9.17) is 4.74 Å². The minimum Gasteiger partial charge on any atom is -0.481 e. The lowest BCUT2D eigenvalue weighted by molar-refractivity contribution is 0.399.